The van der Waals surface area contributed by atoms with E-state index >= 15 is 0 Å². The largest absolute Gasteiger partial charge is 0.352 e. The molecular weight excluding hydrogens is 279 g/mol. The van der Waals surface area contributed by atoms with Crippen molar-refractivity contribution >= 4 is 22.6 Å². The number of hydrogen-bond acceptors (Lipinski definition) is 2. The van der Waals surface area contributed by atoms with Gasteiger partial charge in [0.1, 0.15) is 4.61 Å². The van der Waals surface area contributed by atoms with E-state index in [0.717, 1.165) is 25.9 Å². The van der Waals surface area contributed by atoms with Gasteiger partial charge in [-0.3, -0.25) is 0 Å². The Bertz CT molecular complexity index is 126. The lowest BCUT2D eigenvalue weighted by Crippen LogP contribution is -2.15. The SMILES string of the molecule is CCC=CCCOC(CC)OCI. The summed E-state index contributed by atoms with van der Waals surface area (Å²) in [4.78, 5) is 0. The molecule has 0 aromatic heterocycles. The van der Waals surface area contributed by atoms with Crippen molar-refractivity contribution in [2.45, 2.75) is 39.4 Å². The maximum Gasteiger partial charge on any atom is 0.158 e. The summed E-state index contributed by atoms with van der Waals surface area (Å²) >= 11 is 2.18. The van der Waals surface area contributed by atoms with Gasteiger partial charge in [-0.05, 0) is 19.3 Å². The lowest BCUT2D eigenvalue weighted by molar-refractivity contribution is -0.126. The van der Waals surface area contributed by atoms with Crippen molar-refractivity contribution in [3.63, 3.8) is 0 Å². The fourth-order valence-corrected chi connectivity index (χ4v) is 1.31. The van der Waals surface area contributed by atoms with E-state index in [4.69, 9.17) is 9.47 Å². The minimum atomic E-state index is -0.0214. The van der Waals surface area contributed by atoms with Gasteiger partial charge in [0.25, 0.3) is 0 Å². The van der Waals surface area contributed by atoms with E-state index in [9.17, 15) is 0 Å². The summed E-state index contributed by atoms with van der Waals surface area (Å²) in [5.41, 5.74) is 0. The van der Waals surface area contributed by atoms with Crippen LogP contribution in [0.2, 0.25) is 0 Å². The molecule has 0 fully saturated rings. The topological polar surface area (TPSA) is 18.5 Å². The highest BCUT2D eigenvalue weighted by Crippen LogP contribution is 2.03. The smallest absolute Gasteiger partial charge is 0.158 e. The Balaban J connectivity index is 3.32. The molecule has 0 radical (unpaired) electrons. The molecule has 0 N–H and O–H groups in total. The lowest BCUT2D eigenvalue weighted by atomic mass is 10.3. The summed E-state index contributed by atoms with van der Waals surface area (Å²) in [5, 5.41) is 0. The van der Waals surface area contributed by atoms with E-state index in [1.807, 2.05) is 0 Å². The van der Waals surface area contributed by atoms with Crippen LogP contribution >= 0.6 is 22.6 Å². The molecule has 0 saturated carbocycles. The first-order valence-electron chi connectivity index (χ1n) is 4.79. The molecular formula is C10H19IO2. The molecule has 0 saturated heterocycles. The van der Waals surface area contributed by atoms with Crippen molar-refractivity contribution in [1.82, 2.24) is 0 Å². The molecule has 0 aliphatic carbocycles. The van der Waals surface area contributed by atoms with E-state index in [0.29, 0.717) is 4.61 Å². The molecule has 1 unspecified atom stereocenters. The van der Waals surface area contributed by atoms with E-state index in [2.05, 4.69) is 48.6 Å². The summed E-state index contributed by atoms with van der Waals surface area (Å²) < 4.78 is 11.5. The Kier molecular flexibility index (Phi) is 10.8. The zero-order chi connectivity index (χ0) is 9.94. The third kappa shape index (κ3) is 8.71. The highest BCUT2D eigenvalue weighted by Gasteiger charge is 2.03. The van der Waals surface area contributed by atoms with Crippen molar-refractivity contribution in [2.75, 3.05) is 11.2 Å². The highest BCUT2D eigenvalue weighted by atomic mass is 127. The van der Waals surface area contributed by atoms with Crippen LogP contribution in [-0.2, 0) is 9.47 Å². The molecule has 0 aliphatic heterocycles. The van der Waals surface area contributed by atoms with Gasteiger partial charge in [-0.25, -0.2) is 0 Å². The summed E-state index contributed by atoms with van der Waals surface area (Å²) in [6.45, 7) is 4.95. The summed E-state index contributed by atoms with van der Waals surface area (Å²) in [7, 11) is 0. The van der Waals surface area contributed by atoms with Crippen LogP contribution in [0.3, 0.4) is 0 Å². The molecule has 78 valence electrons. The molecule has 0 aromatic carbocycles. The van der Waals surface area contributed by atoms with Gasteiger partial charge in [0, 0.05) is 0 Å². The number of allylic oxidation sites excluding steroid dienone is 1. The second kappa shape index (κ2) is 10.5. The second-order valence-corrected chi connectivity index (χ2v) is 3.28. The molecule has 0 amide bonds. The van der Waals surface area contributed by atoms with Crippen molar-refractivity contribution in [1.29, 1.82) is 0 Å². The number of ether oxygens (including phenoxy) is 2. The first-order chi connectivity index (χ1) is 6.35. The summed E-state index contributed by atoms with van der Waals surface area (Å²) in [5.74, 6) is 0. The van der Waals surface area contributed by atoms with Crippen molar-refractivity contribution in [3.8, 4) is 0 Å². The van der Waals surface area contributed by atoms with Crippen LogP contribution in [0.25, 0.3) is 0 Å². The third-order valence-corrected chi connectivity index (χ3v) is 1.93. The lowest BCUT2D eigenvalue weighted by Gasteiger charge is -2.14. The second-order valence-electron chi connectivity index (χ2n) is 2.65. The highest BCUT2D eigenvalue weighted by molar-refractivity contribution is 14.1. The van der Waals surface area contributed by atoms with Gasteiger partial charge in [0.05, 0.1) is 6.61 Å². The van der Waals surface area contributed by atoms with Crippen molar-refractivity contribution in [3.05, 3.63) is 12.2 Å². The van der Waals surface area contributed by atoms with Crippen molar-refractivity contribution in [2.24, 2.45) is 0 Å². The first kappa shape index (κ1) is 13.4. The molecule has 0 rings (SSSR count). The number of rotatable bonds is 8. The van der Waals surface area contributed by atoms with Crippen LogP contribution in [0.1, 0.15) is 33.1 Å². The average molecular weight is 298 g/mol. The van der Waals surface area contributed by atoms with Crippen LogP contribution < -0.4 is 0 Å². The molecule has 0 aromatic rings. The third-order valence-electron chi connectivity index (χ3n) is 1.57. The van der Waals surface area contributed by atoms with Gasteiger partial charge in [-0.15, -0.1) is 0 Å². The quantitative estimate of drug-likeness (QED) is 0.224. The van der Waals surface area contributed by atoms with Gasteiger partial charge >= 0.3 is 0 Å². The Labute approximate surface area is 94.8 Å². The minimum absolute atomic E-state index is 0.0214. The molecule has 0 aliphatic rings. The zero-order valence-corrected chi connectivity index (χ0v) is 10.6. The normalized spacial score (nSPS) is 13.8. The van der Waals surface area contributed by atoms with E-state index in [1.54, 1.807) is 0 Å². The Hall–Kier alpha value is 0.390. The van der Waals surface area contributed by atoms with Crippen LogP contribution in [0.4, 0.5) is 0 Å². The van der Waals surface area contributed by atoms with Crippen LogP contribution in [-0.4, -0.2) is 17.5 Å². The minimum Gasteiger partial charge on any atom is -0.352 e. The standard InChI is InChI=1S/C10H19IO2/c1-3-5-6-7-8-12-10(4-2)13-9-11/h5-6,10H,3-4,7-9H2,1-2H3. The molecule has 1 atom stereocenters. The zero-order valence-electron chi connectivity index (χ0n) is 8.46. The number of halogens is 1. The van der Waals surface area contributed by atoms with Crippen LogP contribution in [0, 0.1) is 0 Å². The summed E-state index contributed by atoms with van der Waals surface area (Å²) in [6, 6.07) is 0. The van der Waals surface area contributed by atoms with Gasteiger partial charge in [0.2, 0.25) is 0 Å². The van der Waals surface area contributed by atoms with Gasteiger partial charge < -0.3 is 9.47 Å². The molecule has 0 spiro atoms. The molecule has 0 bridgehead atoms. The maximum atomic E-state index is 5.50. The predicted molar refractivity (Wildman–Crippen MR) is 64.1 cm³/mol. The molecule has 3 heteroatoms. The Morgan fingerprint density at radius 1 is 1.23 bits per heavy atom. The van der Waals surface area contributed by atoms with Crippen LogP contribution in [0.5, 0.6) is 0 Å². The van der Waals surface area contributed by atoms with E-state index in [-0.39, 0.29) is 6.29 Å². The fourth-order valence-electron chi connectivity index (χ4n) is 0.906. The van der Waals surface area contributed by atoms with Crippen molar-refractivity contribution < 1.29 is 9.47 Å². The number of alkyl halides is 1. The van der Waals surface area contributed by atoms with Gasteiger partial charge in [-0.2, -0.15) is 0 Å². The number of hydrogen-bond donors (Lipinski definition) is 0. The fraction of sp³-hybridized carbons (Fsp3) is 0.800. The van der Waals surface area contributed by atoms with Crippen LogP contribution in [0.15, 0.2) is 12.2 Å². The van der Waals surface area contributed by atoms with E-state index in [1.165, 1.54) is 0 Å². The predicted octanol–water partition coefficient (Wildman–Crippen LogP) is 3.50. The van der Waals surface area contributed by atoms with E-state index < -0.39 is 0 Å². The molecule has 0 heterocycles. The monoisotopic (exact) mass is 298 g/mol. The summed E-state index contributed by atoms with van der Waals surface area (Å²) in [6.07, 6.45) is 7.28. The van der Waals surface area contributed by atoms with Gasteiger partial charge in [0.15, 0.2) is 6.29 Å². The first-order valence-corrected chi connectivity index (χ1v) is 6.31. The maximum absolute atomic E-state index is 5.50. The molecule has 13 heavy (non-hydrogen) atoms. The average Bonchev–Trinajstić information content (AvgIpc) is 2.16. The van der Waals surface area contributed by atoms with Gasteiger partial charge in [-0.1, -0.05) is 48.6 Å². The Morgan fingerprint density at radius 3 is 2.54 bits per heavy atom. The molecule has 2 nitrogen and oxygen atoms in total. The Morgan fingerprint density at radius 2 is 2.00 bits per heavy atom.